The molecular formula is C10H11BrFNO3. The molecule has 0 saturated carbocycles. The van der Waals surface area contributed by atoms with E-state index in [1.165, 1.54) is 12.1 Å². The molecule has 1 rings (SSSR count). The molecule has 16 heavy (non-hydrogen) atoms. The van der Waals surface area contributed by atoms with Crippen LogP contribution >= 0.6 is 15.9 Å². The van der Waals surface area contributed by atoms with Crippen LogP contribution < -0.4 is 5.73 Å². The van der Waals surface area contributed by atoms with Crippen LogP contribution in [0.3, 0.4) is 0 Å². The van der Waals surface area contributed by atoms with Crippen LogP contribution in [0.15, 0.2) is 22.7 Å². The Morgan fingerprint density at radius 1 is 1.50 bits per heavy atom. The van der Waals surface area contributed by atoms with Crippen LogP contribution in [-0.2, 0) is 4.79 Å². The normalized spacial score (nSPS) is 14.5. The number of carbonyl (C=O) groups excluding carboxylic acids is 1. The fourth-order valence-electron chi connectivity index (χ4n) is 1.27. The minimum atomic E-state index is -1.47. The molecule has 4 nitrogen and oxygen atoms in total. The predicted octanol–water partition coefficient (Wildman–Crippen LogP) is 0.858. The van der Waals surface area contributed by atoms with Crippen LogP contribution in [0.1, 0.15) is 18.1 Å². The molecule has 2 atom stereocenters. The van der Waals surface area contributed by atoms with Gasteiger partial charge in [-0.1, -0.05) is 22.0 Å². The van der Waals surface area contributed by atoms with Gasteiger partial charge < -0.3 is 15.9 Å². The maximum Gasteiger partial charge on any atom is 0.220 e. The van der Waals surface area contributed by atoms with Gasteiger partial charge in [0.15, 0.2) is 0 Å². The lowest BCUT2D eigenvalue weighted by Crippen LogP contribution is -2.26. The molecule has 0 aliphatic rings. The number of aliphatic hydroxyl groups is 2. The summed E-state index contributed by atoms with van der Waals surface area (Å²) < 4.78 is 13.9. The van der Waals surface area contributed by atoms with Gasteiger partial charge in [0.25, 0.3) is 0 Å². The molecule has 0 fully saturated rings. The minimum absolute atomic E-state index is 0.0723. The summed E-state index contributed by atoms with van der Waals surface area (Å²) in [5.74, 6) is -1.42. The standard InChI is InChI=1S/C10H11BrFNO3/c11-5-1-2-6(7(12)3-5)10(16)8(14)4-9(13)15/h1-3,8,10,14,16H,4H2,(H2,13,15). The van der Waals surface area contributed by atoms with Crippen LogP contribution in [0.2, 0.25) is 0 Å². The number of carbonyl (C=O) groups is 1. The third-order valence-electron chi connectivity index (χ3n) is 2.06. The van der Waals surface area contributed by atoms with Crippen molar-refractivity contribution in [2.75, 3.05) is 0 Å². The van der Waals surface area contributed by atoms with Crippen molar-refractivity contribution in [3.8, 4) is 0 Å². The number of amides is 1. The number of hydrogen-bond donors (Lipinski definition) is 3. The lowest BCUT2D eigenvalue weighted by atomic mass is 10.0. The van der Waals surface area contributed by atoms with E-state index in [4.69, 9.17) is 5.73 Å². The Balaban J connectivity index is 2.87. The number of benzene rings is 1. The van der Waals surface area contributed by atoms with Gasteiger partial charge in [0, 0.05) is 10.0 Å². The molecular weight excluding hydrogens is 281 g/mol. The summed E-state index contributed by atoms with van der Waals surface area (Å²) >= 11 is 3.06. The Morgan fingerprint density at radius 3 is 2.62 bits per heavy atom. The molecule has 88 valence electrons. The van der Waals surface area contributed by atoms with Gasteiger partial charge in [0.1, 0.15) is 11.9 Å². The summed E-state index contributed by atoms with van der Waals surface area (Å²) in [6.45, 7) is 0. The molecule has 4 N–H and O–H groups in total. The zero-order valence-corrected chi connectivity index (χ0v) is 9.82. The van der Waals surface area contributed by atoms with Crippen LogP contribution in [0, 0.1) is 5.82 Å². The molecule has 2 unspecified atom stereocenters. The quantitative estimate of drug-likeness (QED) is 0.769. The topological polar surface area (TPSA) is 83.6 Å². The number of halogens is 2. The maximum atomic E-state index is 13.4. The van der Waals surface area contributed by atoms with E-state index in [9.17, 15) is 19.4 Å². The molecule has 1 aromatic carbocycles. The summed E-state index contributed by atoms with van der Waals surface area (Å²) in [7, 11) is 0. The van der Waals surface area contributed by atoms with Crippen molar-refractivity contribution in [1.29, 1.82) is 0 Å². The molecule has 6 heteroatoms. The van der Waals surface area contributed by atoms with E-state index in [0.29, 0.717) is 4.47 Å². The Kier molecular flexibility index (Phi) is 4.40. The van der Waals surface area contributed by atoms with Gasteiger partial charge in [-0.15, -0.1) is 0 Å². The number of aliphatic hydroxyl groups excluding tert-OH is 2. The lowest BCUT2D eigenvalue weighted by Gasteiger charge is -2.17. The second kappa shape index (κ2) is 5.38. The van der Waals surface area contributed by atoms with Crippen molar-refractivity contribution in [1.82, 2.24) is 0 Å². The van der Waals surface area contributed by atoms with Crippen LogP contribution in [0.25, 0.3) is 0 Å². The Morgan fingerprint density at radius 2 is 2.12 bits per heavy atom. The van der Waals surface area contributed by atoms with Crippen molar-refractivity contribution >= 4 is 21.8 Å². The molecule has 1 amide bonds. The van der Waals surface area contributed by atoms with E-state index < -0.39 is 30.4 Å². The third kappa shape index (κ3) is 3.26. The highest BCUT2D eigenvalue weighted by atomic mass is 79.9. The number of primary amides is 1. The highest BCUT2D eigenvalue weighted by Gasteiger charge is 2.23. The van der Waals surface area contributed by atoms with E-state index in [1.807, 2.05) is 0 Å². The Bertz CT molecular complexity index is 400. The summed E-state index contributed by atoms with van der Waals surface area (Å²) in [6.07, 6.45) is -3.30. The molecule has 0 radical (unpaired) electrons. The molecule has 0 aliphatic heterocycles. The predicted molar refractivity (Wildman–Crippen MR) is 58.9 cm³/mol. The first kappa shape index (κ1) is 13.1. The summed E-state index contributed by atoms with van der Waals surface area (Å²) in [5.41, 5.74) is 4.79. The second-order valence-corrected chi connectivity index (χ2v) is 4.26. The van der Waals surface area contributed by atoms with Crippen molar-refractivity contribution in [3.63, 3.8) is 0 Å². The van der Waals surface area contributed by atoms with Gasteiger partial charge in [0.05, 0.1) is 12.5 Å². The molecule has 0 heterocycles. The molecule has 0 aromatic heterocycles. The SMILES string of the molecule is NC(=O)CC(O)C(O)c1ccc(Br)cc1F. The van der Waals surface area contributed by atoms with Crippen molar-refractivity contribution in [2.45, 2.75) is 18.6 Å². The van der Waals surface area contributed by atoms with Crippen molar-refractivity contribution in [3.05, 3.63) is 34.1 Å². The summed E-state index contributed by atoms with van der Waals surface area (Å²) in [5, 5.41) is 19.0. The van der Waals surface area contributed by atoms with E-state index >= 15 is 0 Å². The molecule has 0 spiro atoms. The maximum absolute atomic E-state index is 13.4. The van der Waals surface area contributed by atoms with Gasteiger partial charge in [-0.3, -0.25) is 4.79 Å². The molecule has 0 saturated heterocycles. The highest BCUT2D eigenvalue weighted by molar-refractivity contribution is 9.10. The molecule has 0 aliphatic carbocycles. The summed E-state index contributed by atoms with van der Waals surface area (Å²) in [6, 6.07) is 4.02. The first-order valence-electron chi connectivity index (χ1n) is 4.51. The van der Waals surface area contributed by atoms with Crippen molar-refractivity contribution in [2.24, 2.45) is 5.73 Å². The lowest BCUT2D eigenvalue weighted by molar-refractivity contribution is -0.121. The minimum Gasteiger partial charge on any atom is -0.390 e. The van der Waals surface area contributed by atoms with Crippen molar-refractivity contribution < 1.29 is 19.4 Å². The first-order chi connectivity index (χ1) is 7.41. The van der Waals surface area contributed by atoms with Crippen LogP contribution in [0.5, 0.6) is 0 Å². The van der Waals surface area contributed by atoms with Gasteiger partial charge in [-0.2, -0.15) is 0 Å². The monoisotopic (exact) mass is 291 g/mol. The third-order valence-corrected chi connectivity index (χ3v) is 2.55. The first-order valence-corrected chi connectivity index (χ1v) is 5.30. The van der Waals surface area contributed by atoms with Gasteiger partial charge in [-0.05, 0) is 12.1 Å². The number of hydrogen-bond acceptors (Lipinski definition) is 3. The zero-order chi connectivity index (χ0) is 12.3. The van der Waals surface area contributed by atoms with Crippen LogP contribution in [-0.4, -0.2) is 22.2 Å². The van der Waals surface area contributed by atoms with Gasteiger partial charge >= 0.3 is 0 Å². The smallest absolute Gasteiger partial charge is 0.220 e. The molecule has 0 bridgehead atoms. The fraction of sp³-hybridized carbons (Fsp3) is 0.300. The largest absolute Gasteiger partial charge is 0.390 e. The Labute approximate surface area is 100 Å². The van der Waals surface area contributed by atoms with E-state index in [1.54, 1.807) is 0 Å². The van der Waals surface area contributed by atoms with Gasteiger partial charge in [0.2, 0.25) is 5.91 Å². The molecule has 1 aromatic rings. The van der Waals surface area contributed by atoms with E-state index in [-0.39, 0.29) is 5.56 Å². The number of rotatable bonds is 4. The average molecular weight is 292 g/mol. The zero-order valence-electron chi connectivity index (χ0n) is 8.23. The number of nitrogens with two attached hydrogens (primary N) is 1. The van der Waals surface area contributed by atoms with Crippen LogP contribution in [0.4, 0.5) is 4.39 Å². The highest BCUT2D eigenvalue weighted by Crippen LogP contribution is 2.24. The fourth-order valence-corrected chi connectivity index (χ4v) is 1.60. The van der Waals surface area contributed by atoms with E-state index in [0.717, 1.165) is 6.07 Å². The van der Waals surface area contributed by atoms with Gasteiger partial charge in [-0.25, -0.2) is 4.39 Å². The van der Waals surface area contributed by atoms with E-state index in [2.05, 4.69) is 15.9 Å². The Hall–Kier alpha value is -0.980. The summed E-state index contributed by atoms with van der Waals surface area (Å²) in [4.78, 5) is 10.5. The second-order valence-electron chi connectivity index (χ2n) is 3.35. The average Bonchev–Trinajstić information content (AvgIpc) is 2.15.